The topological polar surface area (TPSA) is 87.7 Å². The molecule has 4 amide bonds. The van der Waals surface area contributed by atoms with Gasteiger partial charge in [-0.25, -0.2) is 9.59 Å². The third-order valence-corrected chi connectivity index (χ3v) is 3.04. The van der Waals surface area contributed by atoms with Crippen LogP contribution >= 0.6 is 0 Å². The van der Waals surface area contributed by atoms with Crippen LogP contribution in [0.5, 0.6) is 0 Å². The van der Waals surface area contributed by atoms with E-state index in [0.717, 1.165) is 12.8 Å². The van der Waals surface area contributed by atoms with Crippen LogP contribution in [0, 0.1) is 0 Å². The van der Waals surface area contributed by atoms with Gasteiger partial charge < -0.3 is 15.4 Å². The second-order valence-electron chi connectivity index (χ2n) is 6.79. The fraction of sp³-hybridized carbons (Fsp3) is 0.800. The summed E-state index contributed by atoms with van der Waals surface area (Å²) in [7, 11) is 0. The highest BCUT2D eigenvalue weighted by Crippen LogP contribution is 2.14. The van der Waals surface area contributed by atoms with Gasteiger partial charge >= 0.3 is 12.1 Å². The van der Waals surface area contributed by atoms with E-state index in [1.54, 1.807) is 20.8 Å². The minimum Gasteiger partial charge on any atom is -0.444 e. The molecule has 2 N–H and O–H groups in total. The maximum absolute atomic E-state index is 12.5. The molecule has 0 aliphatic carbocycles. The molecule has 0 bridgehead atoms. The van der Waals surface area contributed by atoms with Gasteiger partial charge in [-0.1, -0.05) is 0 Å². The molecule has 126 valence electrons. The molecule has 0 unspecified atom stereocenters. The predicted molar refractivity (Wildman–Crippen MR) is 82.4 cm³/mol. The summed E-state index contributed by atoms with van der Waals surface area (Å²) in [5.74, 6) is -0.387. The number of alkyl carbamates (subject to hydrolysis) is 1. The maximum atomic E-state index is 12.5. The monoisotopic (exact) mass is 313 g/mol. The lowest BCUT2D eigenvalue weighted by molar-refractivity contribution is -0.130. The predicted octanol–water partition coefficient (Wildman–Crippen LogP) is 2.01. The van der Waals surface area contributed by atoms with E-state index in [2.05, 4.69) is 10.6 Å². The smallest absolute Gasteiger partial charge is 0.408 e. The summed E-state index contributed by atoms with van der Waals surface area (Å²) in [6.07, 6.45) is 1.35. The molecule has 7 heteroatoms. The van der Waals surface area contributed by atoms with Crippen molar-refractivity contribution in [2.24, 2.45) is 0 Å². The number of nitrogens with one attached hydrogen (secondary N) is 2. The summed E-state index contributed by atoms with van der Waals surface area (Å²) in [5, 5.41) is 5.28. The molecule has 7 nitrogen and oxygen atoms in total. The van der Waals surface area contributed by atoms with Crippen LogP contribution < -0.4 is 10.6 Å². The Morgan fingerprint density at radius 2 is 1.91 bits per heavy atom. The summed E-state index contributed by atoms with van der Waals surface area (Å²) < 4.78 is 5.17. The van der Waals surface area contributed by atoms with Crippen LogP contribution in [0.2, 0.25) is 0 Å². The molecule has 1 fully saturated rings. The fourth-order valence-corrected chi connectivity index (χ4v) is 2.15. The van der Waals surface area contributed by atoms with Crippen LogP contribution in [0.15, 0.2) is 0 Å². The summed E-state index contributed by atoms with van der Waals surface area (Å²) in [5.41, 5.74) is -0.632. The number of ether oxygens (including phenoxy) is 1. The first-order valence-electron chi connectivity index (χ1n) is 7.71. The van der Waals surface area contributed by atoms with Crippen molar-refractivity contribution in [1.29, 1.82) is 0 Å². The third kappa shape index (κ3) is 5.91. The lowest BCUT2D eigenvalue weighted by Crippen LogP contribution is -2.53. The Labute approximate surface area is 131 Å². The van der Waals surface area contributed by atoms with Gasteiger partial charge in [0.05, 0.1) is 0 Å². The molecule has 1 rings (SSSR count). The average Bonchev–Trinajstić information content (AvgIpc) is 2.49. The summed E-state index contributed by atoms with van der Waals surface area (Å²) >= 11 is 0. The van der Waals surface area contributed by atoms with Crippen molar-refractivity contribution >= 4 is 18.0 Å². The van der Waals surface area contributed by atoms with E-state index in [4.69, 9.17) is 4.74 Å². The quantitative estimate of drug-likeness (QED) is 0.816. The molecule has 0 aromatic carbocycles. The number of rotatable bonds is 2. The standard InChI is InChI=1S/C15H27N3O4/c1-10(2)16-13(20)18-9-7-6-8-11(12(18)19)17-14(21)22-15(3,4)5/h10-11H,6-9H2,1-5H3,(H,16,20)(H,17,21)/t11-/m0/s1. The molecule has 0 radical (unpaired) electrons. The van der Waals surface area contributed by atoms with Gasteiger partial charge in [-0.05, 0) is 53.9 Å². The van der Waals surface area contributed by atoms with Gasteiger partial charge in [0.15, 0.2) is 0 Å². The van der Waals surface area contributed by atoms with Crippen LogP contribution in [0.4, 0.5) is 9.59 Å². The van der Waals surface area contributed by atoms with Crippen LogP contribution in [-0.2, 0) is 9.53 Å². The highest BCUT2D eigenvalue weighted by molar-refractivity contribution is 5.98. The first-order chi connectivity index (χ1) is 10.1. The Hall–Kier alpha value is -1.79. The molecule has 22 heavy (non-hydrogen) atoms. The van der Waals surface area contributed by atoms with Crippen molar-refractivity contribution < 1.29 is 19.1 Å². The van der Waals surface area contributed by atoms with Crippen LogP contribution in [0.25, 0.3) is 0 Å². The number of amides is 4. The van der Waals surface area contributed by atoms with Crippen molar-refractivity contribution in [2.75, 3.05) is 6.54 Å². The zero-order valence-electron chi connectivity index (χ0n) is 14.1. The van der Waals surface area contributed by atoms with Crippen LogP contribution in [0.1, 0.15) is 53.9 Å². The van der Waals surface area contributed by atoms with E-state index in [0.29, 0.717) is 13.0 Å². The number of likely N-dealkylation sites (tertiary alicyclic amines) is 1. The van der Waals surface area contributed by atoms with Gasteiger partial charge in [-0.3, -0.25) is 9.69 Å². The van der Waals surface area contributed by atoms with Gasteiger partial charge in [0.25, 0.3) is 5.91 Å². The van der Waals surface area contributed by atoms with Gasteiger partial charge in [0.1, 0.15) is 11.6 Å². The van der Waals surface area contributed by atoms with Gasteiger partial charge in [-0.2, -0.15) is 0 Å². The van der Waals surface area contributed by atoms with E-state index >= 15 is 0 Å². The molecule has 1 saturated heterocycles. The van der Waals surface area contributed by atoms with Gasteiger partial charge in [0.2, 0.25) is 0 Å². The first kappa shape index (κ1) is 18.3. The Kier molecular flexibility index (Phi) is 6.20. The molecule has 1 aliphatic rings. The van der Waals surface area contributed by atoms with Crippen molar-refractivity contribution in [3.63, 3.8) is 0 Å². The van der Waals surface area contributed by atoms with Gasteiger partial charge in [0, 0.05) is 12.6 Å². The maximum Gasteiger partial charge on any atom is 0.408 e. The Morgan fingerprint density at radius 1 is 1.27 bits per heavy atom. The van der Waals surface area contributed by atoms with E-state index in [-0.39, 0.29) is 11.9 Å². The van der Waals surface area contributed by atoms with E-state index in [1.165, 1.54) is 4.90 Å². The molecule has 0 aromatic rings. The summed E-state index contributed by atoms with van der Waals surface area (Å²) in [4.78, 5) is 37.6. The number of urea groups is 1. The van der Waals surface area contributed by atoms with Gasteiger partial charge in [-0.15, -0.1) is 0 Å². The molecular formula is C15H27N3O4. The second kappa shape index (κ2) is 7.47. The molecular weight excluding hydrogens is 286 g/mol. The van der Waals surface area contributed by atoms with Crippen molar-refractivity contribution in [2.45, 2.75) is 71.6 Å². The minimum absolute atomic E-state index is 0.0548. The number of nitrogens with zero attached hydrogens (tertiary/aromatic N) is 1. The average molecular weight is 313 g/mol. The van der Waals surface area contributed by atoms with Crippen LogP contribution in [-0.4, -0.2) is 47.2 Å². The highest BCUT2D eigenvalue weighted by atomic mass is 16.6. The molecule has 1 aliphatic heterocycles. The molecule has 0 saturated carbocycles. The molecule has 1 atom stereocenters. The SMILES string of the molecule is CC(C)NC(=O)N1CCCC[C@H](NC(=O)OC(C)(C)C)C1=O. The number of carbonyl (C=O) groups is 3. The van der Waals surface area contributed by atoms with Crippen LogP contribution in [0.3, 0.4) is 0 Å². The summed E-state index contributed by atoms with van der Waals surface area (Å²) in [6.45, 7) is 9.29. The zero-order valence-corrected chi connectivity index (χ0v) is 14.1. The minimum atomic E-state index is -0.727. The number of carbonyl (C=O) groups excluding carboxylic acids is 3. The lowest BCUT2D eigenvalue weighted by atomic mass is 10.1. The van der Waals surface area contributed by atoms with Crippen molar-refractivity contribution in [3.05, 3.63) is 0 Å². The summed E-state index contributed by atoms with van der Waals surface area (Å²) in [6, 6.07) is -1.20. The van der Waals surface area contributed by atoms with Crippen molar-refractivity contribution in [3.8, 4) is 0 Å². The molecule has 0 spiro atoms. The van der Waals surface area contributed by atoms with E-state index in [9.17, 15) is 14.4 Å². The molecule has 1 heterocycles. The van der Waals surface area contributed by atoms with E-state index in [1.807, 2.05) is 13.8 Å². The normalized spacial score (nSPS) is 19.6. The Morgan fingerprint density at radius 3 is 2.45 bits per heavy atom. The fourth-order valence-electron chi connectivity index (χ4n) is 2.15. The van der Waals surface area contributed by atoms with Crippen molar-refractivity contribution in [1.82, 2.24) is 15.5 Å². The Balaban J connectivity index is 2.72. The highest BCUT2D eigenvalue weighted by Gasteiger charge is 2.33. The Bertz CT molecular complexity index is 429. The lowest BCUT2D eigenvalue weighted by Gasteiger charge is -2.26. The second-order valence-corrected chi connectivity index (χ2v) is 6.79. The molecule has 0 aromatic heterocycles. The number of hydrogen-bond donors (Lipinski definition) is 2. The number of imide groups is 1. The number of hydrogen-bond acceptors (Lipinski definition) is 4. The third-order valence-electron chi connectivity index (χ3n) is 3.04. The largest absolute Gasteiger partial charge is 0.444 e. The first-order valence-corrected chi connectivity index (χ1v) is 7.71. The van der Waals surface area contributed by atoms with E-state index < -0.39 is 23.8 Å². The zero-order chi connectivity index (χ0) is 16.9.